The number of halogens is 4. The van der Waals surface area contributed by atoms with Gasteiger partial charge >= 0.3 is 0 Å². The Labute approximate surface area is 289 Å². The van der Waals surface area contributed by atoms with Crippen molar-refractivity contribution in [1.82, 2.24) is 9.80 Å². The average molecular weight is 678 g/mol. The lowest BCUT2D eigenvalue weighted by molar-refractivity contribution is -0.0980. The number of carbonyl (C=O) groups is 1. The zero-order valence-electron chi connectivity index (χ0n) is 30.3. The van der Waals surface area contributed by atoms with Crippen LogP contribution in [0.3, 0.4) is 0 Å². The van der Waals surface area contributed by atoms with Gasteiger partial charge in [0, 0.05) is 42.2 Å². The first kappa shape index (κ1) is 44.1. The molecule has 47 heavy (non-hydrogen) atoms. The van der Waals surface area contributed by atoms with Crippen LogP contribution < -0.4 is 4.90 Å². The number of hydrogen-bond acceptors (Lipinski definition) is 4. The maximum Gasteiger partial charge on any atom is 0.147 e. The van der Waals surface area contributed by atoms with Crippen LogP contribution in [0.2, 0.25) is 5.02 Å². The molecule has 0 spiro atoms. The SMILES string of the molecule is C=C/C=C(\C(F)=C/C(=C)F)C1CCN(C)C1.C=O.CC(C)C.CC/C=C(C)/C=C(/C1CCN(C)CC1)N(C)c1c(F)ccc(Cl)c1C. The fourth-order valence-corrected chi connectivity index (χ4v) is 5.69. The Bertz CT molecular complexity index is 1240. The summed E-state index contributed by atoms with van der Waals surface area (Å²) in [6.07, 6.45) is 12.5. The van der Waals surface area contributed by atoms with E-state index in [1.165, 1.54) is 23.4 Å². The maximum atomic E-state index is 14.6. The Morgan fingerprint density at radius 2 is 1.57 bits per heavy atom. The van der Waals surface area contributed by atoms with Crippen molar-refractivity contribution in [2.75, 3.05) is 52.2 Å². The van der Waals surface area contributed by atoms with Crippen LogP contribution in [0.15, 0.2) is 84.2 Å². The molecule has 2 saturated heterocycles. The van der Waals surface area contributed by atoms with E-state index in [0.29, 0.717) is 22.2 Å². The second kappa shape index (κ2) is 23.5. The predicted molar refractivity (Wildman–Crippen MR) is 198 cm³/mol. The van der Waals surface area contributed by atoms with Crippen molar-refractivity contribution in [3.8, 4) is 0 Å². The third kappa shape index (κ3) is 16.2. The molecule has 0 aliphatic carbocycles. The highest BCUT2D eigenvalue weighted by Gasteiger charge is 2.26. The third-order valence-electron chi connectivity index (χ3n) is 7.76. The molecule has 0 radical (unpaired) electrons. The molecule has 0 saturated carbocycles. The van der Waals surface area contributed by atoms with Gasteiger partial charge in [0.05, 0.1) is 5.69 Å². The molecule has 0 bridgehead atoms. The molecule has 3 rings (SSSR count). The lowest BCUT2D eigenvalue weighted by Gasteiger charge is -2.36. The van der Waals surface area contributed by atoms with E-state index < -0.39 is 11.7 Å². The minimum Gasteiger partial charge on any atom is -0.345 e. The molecule has 0 amide bonds. The number of carbonyl (C=O) groups excluding carboxylic acids is 1. The Morgan fingerprint density at radius 1 is 1.04 bits per heavy atom. The molecule has 264 valence electrons. The first-order valence-electron chi connectivity index (χ1n) is 16.4. The van der Waals surface area contributed by atoms with Crippen molar-refractivity contribution in [1.29, 1.82) is 0 Å². The van der Waals surface area contributed by atoms with Gasteiger partial charge in [-0.05, 0) is 109 Å². The quantitative estimate of drug-likeness (QED) is 0.243. The first-order chi connectivity index (χ1) is 22.1. The van der Waals surface area contributed by atoms with Crippen LogP contribution in [0.4, 0.5) is 18.9 Å². The molecule has 2 aliphatic heterocycles. The van der Waals surface area contributed by atoms with Crippen LogP contribution >= 0.6 is 11.6 Å². The van der Waals surface area contributed by atoms with Crippen LogP contribution in [0.1, 0.15) is 65.9 Å². The number of rotatable bonds is 9. The van der Waals surface area contributed by atoms with Gasteiger partial charge in [-0.1, -0.05) is 76.3 Å². The van der Waals surface area contributed by atoms with Gasteiger partial charge in [0.1, 0.15) is 24.3 Å². The summed E-state index contributed by atoms with van der Waals surface area (Å²) in [6.45, 7) is 25.1. The smallest absolute Gasteiger partial charge is 0.147 e. The molecule has 2 heterocycles. The minimum absolute atomic E-state index is 0.110. The second-order valence-corrected chi connectivity index (χ2v) is 13.2. The van der Waals surface area contributed by atoms with Gasteiger partial charge < -0.3 is 19.5 Å². The maximum absolute atomic E-state index is 14.6. The van der Waals surface area contributed by atoms with Crippen LogP contribution in [-0.4, -0.2) is 63.9 Å². The van der Waals surface area contributed by atoms with Gasteiger partial charge in [-0.2, -0.15) is 0 Å². The number of allylic oxidation sites excluding steroid dienone is 9. The van der Waals surface area contributed by atoms with Crippen molar-refractivity contribution < 1.29 is 18.0 Å². The summed E-state index contributed by atoms with van der Waals surface area (Å²) in [5.41, 5.74) is 4.29. The standard InChI is InChI=1S/C21H30ClFN2.C13H17F2N.C4H10.CH2O/c1-6-7-15(2)14-20(17-10-12-24(4)13-11-17)25(5)21-16(3)18(22)8-9-19(21)23;1-4-5-12(13(15)8-10(2)14)11-6-7-16(3)9-11;1-4(2)3;1-2/h7-9,14,17H,6,10-13H2,1-5H3;4-5,8,11H,1-2,6-7,9H2,3H3;4H,1-3H3;1H2/b15-7+,20-14-;12-5-,13-8+;;. The van der Waals surface area contributed by atoms with Crippen LogP contribution in [0, 0.1) is 30.5 Å². The summed E-state index contributed by atoms with van der Waals surface area (Å²) in [5.74, 6) is -0.162. The molecule has 1 atom stereocenters. The van der Waals surface area contributed by atoms with Gasteiger partial charge in [0.2, 0.25) is 0 Å². The van der Waals surface area contributed by atoms with E-state index in [2.05, 4.69) is 76.8 Å². The monoisotopic (exact) mass is 677 g/mol. The molecule has 4 nitrogen and oxygen atoms in total. The van der Waals surface area contributed by atoms with E-state index in [1.807, 2.05) is 32.7 Å². The van der Waals surface area contributed by atoms with Crippen LogP contribution in [0.25, 0.3) is 0 Å². The zero-order chi connectivity index (χ0) is 36.3. The molecular weight excluding hydrogens is 619 g/mol. The molecule has 1 aromatic carbocycles. The normalized spacial score (nSPS) is 18.4. The van der Waals surface area contributed by atoms with Gasteiger partial charge in [-0.15, -0.1) is 0 Å². The third-order valence-corrected chi connectivity index (χ3v) is 8.17. The number of anilines is 1. The summed E-state index contributed by atoms with van der Waals surface area (Å²) >= 11 is 6.26. The summed E-state index contributed by atoms with van der Waals surface area (Å²) in [6, 6.07) is 3.09. The topological polar surface area (TPSA) is 26.8 Å². The predicted octanol–water partition coefficient (Wildman–Crippen LogP) is 10.7. The highest BCUT2D eigenvalue weighted by Crippen LogP contribution is 2.36. The summed E-state index contributed by atoms with van der Waals surface area (Å²) < 4.78 is 40.9. The van der Waals surface area contributed by atoms with E-state index in [4.69, 9.17) is 16.4 Å². The first-order valence-corrected chi connectivity index (χ1v) is 16.8. The fraction of sp³-hybridized carbons (Fsp3) is 0.513. The van der Waals surface area contributed by atoms with E-state index in [0.717, 1.165) is 69.4 Å². The molecule has 2 fully saturated rings. The highest BCUT2D eigenvalue weighted by molar-refractivity contribution is 6.31. The summed E-state index contributed by atoms with van der Waals surface area (Å²) in [5, 5.41) is 0.604. The van der Waals surface area contributed by atoms with E-state index in [-0.39, 0.29) is 11.7 Å². The van der Waals surface area contributed by atoms with Crippen LogP contribution in [0.5, 0.6) is 0 Å². The molecule has 0 N–H and O–H groups in total. The Balaban J connectivity index is 0.000000823. The summed E-state index contributed by atoms with van der Waals surface area (Å²) in [4.78, 5) is 14.5. The number of hydrogen-bond donors (Lipinski definition) is 0. The van der Waals surface area contributed by atoms with Crippen molar-refractivity contribution in [3.05, 3.63) is 101 Å². The van der Waals surface area contributed by atoms with Crippen molar-refractivity contribution in [3.63, 3.8) is 0 Å². The zero-order valence-corrected chi connectivity index (χ0v) is 31.1. The van der Waals surface area contributed by atoms with Gasteiger partial charge in [-0.25, -0.2) is 13.2 Å². The van der Waals surface area contributed by atoms with E-state index in [9.17, 15) is 13.2 Å². The Morgan fingerprint density at radius 3 is 2.04 bits per heavy atom. The largest absolute Gasteiger partial charge is 0.345 e. The van der Waals surface area contributed by atoms with Gasteiger partial charge in [0.25, 0.3) is 0 Å². The molecule has 1 unspecified atom stereocenters. The molecule has 8 heteroatoms. The lowest BCUT2D eigenvalue weighted by atomic mass is 9.91. The fourth-order valence-electron chi connectivity index (χ4n) is 5.54. The van der Waals surface area contributed by atoms with E-state index >= 15 is 0 Å². The van der Waals surface area contributed by atoms with Gasteiger partial charge in [0.15, 0.2) is 0 Å². The number of piperidine rings is 1. The van der Waals surface area contributed by atoms with Crippen molar-refractivity contribution in [2.45, 2.75) is 67.2 Å². The number of likely N-dealkylation sites (tertiary alicyclic amines) is 2. The average Bonchev–Trinajstić information content (AvgIpc) is 3.43. The number of benzene rings is 1. The molecule has 1 aromatic rings. The Kier molecular flexibility index (Phi) is 22.0. The Hall–Kier alpha value is -2.87. The van der Waals surface area contributed by atoms with Crippen molar-refractivity contribution >= 4 is 24.1 Å². The van der Waals surface area contributed by atoms with Crippen LogP contribution in [-0.2, 0) is 4.79 Å². The minimum atomic E-state index is -0.765. The number of nitrogens with zero attached hydrogens (tertiary/aromatic N) is 3. The summed E-state index contributed by atoms with van der Waals surface area (Å²) in [7, 11) is 6.11. The second-order valence-electron chi connectivity index (χ2n) is 12.8. The lowest BCUT2D eigenvalue weighted by Crippen LogP contribution is -2.35. The molecular formula is C39H59ClF3N3O. The van der Waals surface area contributed by atoms with Crippen molar-refractivity contribution in [2.24, 2.45) is 17.8 Å². The molecule has 2 aliphatic rings. The molecule has 0 aromatic heterocycles. The highest BCUT2D eigenvalue weighted by atomic mass is 35.5. The van der Waals surface area contributed by atoms with Gasteiger partial charge in [-0.3, -0.25) is 0 Å². The van der Waals surface area contributed by atoms with E-state index in [1.54, 1.807) is 12.1 Å².